The summed E-state index contributed by atoms with van der Waals surface area (Å²) in [5.41, 5.74) is 1.60. The van der Waals surface area contributed by atoms with Crippen LogP contribution >= 0.6 is 24.0 Å². The Hall–Kier alpha value is -1.72. The molecule has 2 aromatic rings. The standard InChI is InChI=1S/C19H26FN5O2.HI/c1-2-21-19(22-13-18(26)15-3-5-16(20)6-4-15)25-10-8-24(9-11-25)14-17-7-12-27-23-17;/h3-7,12,18,26H,2,8-11,13-14H2,1H3,(H,21,22);1H. The van der Waals surface area contributed by atoms with Crippen molar-refractivity contribution in [3.63, 3.8) is 0 Å². The molecule has 0 saturated carbocycles. The molecule has 1 aliphatic rings. The highest BCUT2D eigenvalue weighted by molar-refractivity contribution is 14.0. The zero-order valence-corrected chi connectivity index (χ0v) is 18.3. The number of aromatic nitrogens is 1. The Morgan fingerprint density at radius 1 is 1.25 bits per heavy atom. The Morgan fingerprint density at radius 3 is 2.57 bits per heavy atom. The summed E-state index contributed by atoms with van der Waals surface area (Å²) in [5, 5.41) is 17.6. The van der Waals surface area contributed by atoms with E-state index in [2.05, 4.69) is 25.3 Å². The molecular formula is C19H27FIN5O2. The molecule has 1 atom stereocenters. The van der Waals surface area contributed by atoms with E-state index >= 15 is 0 Å². The van der Waals surface area contributed by atoms with Gasteiger partial charge >= 0.3 is 0 Å². The summed E-state index contributed by atoms with van der Waals surface area (Å²) in [7, 11) is 0. The van der Waals surface area contributed by atoms with E-state index in [-0.39, 0.29) is 36.3 Å². The van der Waals surface area contributed by atoms with Crippen molar-refractivity contribution in [3.05, 3.63) is 53.7 Å². The molecule has 1 aromatic carbocycles. The fraction of sp³-hybridized carbons (Fsp3) is 0.474. The van der Waals surface area contributed by atoms with E-state index in [4.69, 9.17) is 4.52 Å². The van der Waals surface area contributed by atoms with Crippen molar-refractivity contribution >= 4 is 29.9 Å². The van der Waals surface area contributed by atoms with Crippen LogP contribution in [-0.2, 0) is 6.54 Å². The number of aliphatic hydroxyl groups excluding tert-OH is 1. The highest BCUT2D eigenvalue weighted by Crippen LogP contribution is 2.14. The van der Waals surface area contributed by atoms with Crippen LogP contribution in [0.4, 0.5) is 4.39 Å². The zero-order valence-electron chi connectivity index (χ0n) is 15.9. The van der Waals surface area contributed by atoms with Gasteiger partial charge in [-0.05, 0) is 24.6 Å². The minimum Gasteiger partial charge on any atom is -0.386 e. The number of piperazine rings is 1. The second-order valence-electron chi connectivity index (χ2n) is 6.52. The van der Waals surface area contributed by atoms with Crippen LogP contribution in [0.2, 0.25) is 0 Å². The van der Waals surface area contributed by atoms with Gasteiger partial charge in [-0.3, -0.25) is 9.89 Å². The number of aliphatic imine (C=N–C) groups is 1. The predicted molar refractivity (Wildman–Crippen MR) is 116 cm³/mol. The molecule has 0 radical (unpaired) electrons. The molecule has 9 heteroatoms. The molecule has 1 aliphatic heterocycles. The first kappa shape index (κ1) is 22.6. The molecule has 0 amide bonds. The van der Waals surface area contributed by atoms with Crippen LogP contribution in [-0.4, -0.2) is 65.3 Å². The van der Waals surface area contributed by atoms with Gasteiger partial charge < -0.3 is 19.8 Å². The number of halogens is 2. The molecule has 1 aromatic heterocycles. The second-order valence-corrected chi connectivity index (χ2v) is 6.52. The van der Waals surface area contributed by atoms with Crippen molar-refractivity contribution in [3.8, 4) is 0 Å². The van der Waals surface area contributed by atoms with Crippen LogP contribution in [0.1, 0.15) is 24.3 Å². The summed E-state index contributed by atoms with van der Waals surface area (Å²) in [5.74, 6) is 0.478. The van der Waals surface area contributed by atoms with Gasteiger partial charge in [-0.2, -0.15) is 0 Å². The number of nitrogens with zero attached hydrogens (tertiary/aromatic N) is 4. The fourth-order valence-corrected chi connectivity index (χ4v) is 3.06. The van der Waals surface area contributed by atoms with Gasteiger partial charge in [0.2, 0.25) is 0 Å². The predicted octanol–water partition coefficient (Wildman–Crippen LogP) is 2.25. The van der Waals surface area contributed by atoms with E-state index in [0.29, 0.717) is 5.56 Å². The van der Waals surface area contributed by atoms with Gasteiger partial charge in [0.25, 0.3) is 0 Å². The topological polar surface area (TPSA) is 77.1 Å². The first-order valence-corrected chi connectivity index (χ1v) is 9.24. The molecule has 0 spiro atoms. The van der Waals surface area contributed by atoms with Gasteiger partial charge in [0.1, 0.15) is 12.1 Å². The molecule has 3 rings (SSSR count). The Kier molecular flexibility index (Phi) is 9.13. The lowest BCUT2D eigenvalue weighted by molar-refractivity contribution is 0.166. The lowest BCUT2D eigenvalue weighted by Gasteiger charge is -2.36. The summed E-state index contributed by atoms with van der Waals surface area (Å²) in [6, 6.07) is 7.76. The zero-order chi connectivity index (χ0) is 19.1. The molecule has 0 bridgehead atoms. The molecule has 1 saturated heterocycles. The summed E-state index contributed by atoms with van der Waals surface area (Å²) < 4.78 is 17.9. The van der Waals surface area contributed by atoms with Crippen LogP contribution in [0.3, 0.4) is 0 Å². The molecule has 1 unspecified atom stereocenters. The van der Waals surface area contributed by atoms with Crippen LogP contribution in [0.25, 0.3) is 0 Å². The average molecular weight is 503 g/mol. The monoisotopic (exact) mass is 503 g/mol. The van der Waals surface area contributed by atoms with Crippen LogP contribution in [0.5, 0.6) is 0 Å². The van der Waals surface area contributed by atoms with Crippen LogP contribution in [0.15, 0.2) is 46.1 Å². The molecule has 1 fully saturated rings. The summed E-state index contributed by atoms with van der Waals surface area (Å²) in [4.78, 5) is 9.10. The smallest absolute Gasteiger partial charge is 0.194 e. The van der Waals surface area contributed by atoms with Gasteiger partial charge in [-0.1, -0.05) is 17.3 Å². The van der Waals surface area contributed by atoms with Gasteiger partial charge in [0, 0.05) is 45.3 Å². The molecule has 2 heterocycles. The average Bonchev–Trinajstić information content (AvgIpc) is 3.19. The first-order valence-electron chi connectivity index (χ1n) is 9.24. The molecule has 0 aliphatic carbocycles. The number of hydrogen-bond donors (Lipinski definition) is 2. The lowest BCUT2D eigenvalue weighted by atomic mass is 10.1. The third kappa shape index (κ3) is 6.42. The van der Waals surface area contributed by atoms with E-state index in [9.17, 15) is 9.50 Å². The maximum Gasteiger partial charge on any atom is 0.194 e. The first-order chi connectivity index (χ1) is 13.2. The molecule has 2 N–H and O–H groups in total. The number of nitrogens with one attached hydrogen (secondary N) is 1. The largest absolute Gasteiger partial charge is 0.386 e. The third-order valence-corrected chi connectivity index (χ3v) is 4.55. The minimum atomic E-state index is -0.757. The second kappa shape index (κ2) is 11.3. The van der Waals surface area contributed by atoms with E-state index < -0.39 is 6.10 Å². The minimum absolute atomic E-state index is 0. The SMILES string of the molecule is CCNC(=NCC(O)c1ccc(F)cc1)N1CCN(Cc2ccon2)CC1.I. The molecular weight excluding hydrogens is 476 g/mol. The molecule has 7 nitrogen and oxygen atoms in total. The normalized spacial score (nSPS) is 16.5. The van der Waals surface area contributed by atoms with Crippen molar-refractivity contribution in [1.82, 2.24) is 20.3 Å². The quantitative estimate of drug-likeness (QED) is 0.358. The van der Waals surface area contributed by atoms with Gasteiger partial charge in [0.05, 0.1) is 18.3 Å². The number of aliphatic hydroxyl groups is 1. The van der Waals surface area contributed by atoms with Gasteiger partial charge in [-0.25, -0.2) is 4.39 Å². The van der Waals surface area contributed by atoms with E-state index in [1.165, 1.54) is 12.1 Å². The van der Waals surface area contributed by atoms with Crippen LogP contribution in [0, 0.1) is 5.82 Å². The summed E-state index contributed by atoms with van der Waals surface area (Å²) in [6.07, 6.45) is 0.834. The maximum absolute atomic E-state index is 13.0. The number of hydrogen-bond acceptors (Lipinski definition) is 5. The van der Waals surface area contributed by atoms with Gasteiger partial charge in [0.15, 0.2) is 5.96 Å². The number of rotatable bonds is 6. The highest BCUT2D eigenvalue weighted by Gasteiger charge is 2.20. The van der Waals surface area contributed by atoms with E-state index in [0.717, 1.165) is 50.9 Å². The summed E-state index contributed by atoms with van der Waals surface area (Å²) in [6.45, 7) is 7.27. The lowest BCUT2D eigenvalue weighted by Crippen LogP contribution is -2.52. The number of guanidine groups is 1. The van der Waals surface area contributed by atoms with Crippen molar-refractivity contribution in [2.75, 3.05) is 39.3 Å². The van der Waals surface area contributed by atoms with E-state index in [1.54, 1.807) is 18.4 Å². The van der Waals surface area contributed by atoms with Crippen LogP contribution < -0.4 is 5.32 Å². The maximum atomic E-state index is 13.0. The van der Waals surface area contributed by atoms with Crippen molar-refractivity contribution in [1.29, 1.82) is 0 Å². The third-order valence-electron chi connectivity index (χ3n) is 4.55. The Morgan fingerprint density at radius 2 is 1.96 bits per heavy atom. The summed E-state index contributed by atoms with van der Waals surface area (Å²) >= 11 is 0. The highest BCUT2D eigenvalue weighted by atomic mass is 127. The van der Waals surface area contributed by atoms with Crippen molar-refractivity contribution in [2.24, 2.45) is 4.99 Å². The Balaban J connectivity index is 0.00000280. The Bertz CT molecular complexity index is 718. The Labute approximate surface area is 181 Å². The van der Waals surface area contributed by atoms with E-state index in [1.807, 2.05) is 13.0 Å². The molecule has 28 heavy (non-hydrogen) atoms. The number of benzene rings is 1. The van der Waals surface area contributed by atoms with Crippen molar-refractivity contribution < 1.29 is 14.0 Å². The fourth-order valence-electron chi connectivity index (χ4n) is 3.06. The van der Waals surface area contributed by atoms with Gasteiger partial charge in [-0.15, -0.1) is 24.0 Å². The van der Waals surface area contributed by atoms with Crippen molar-refractivity contribution in [2.45, 2.75) is 19.6 Å². The molecule has 154 valence electrons.